The van der Waals surface area contributed by atoms with E-state index in [0.717, 1.165) is 31.5 Å². The van der Waals surface area contributed by atoms with Crippen LogP contribution in [0.25, 0.3) is 0 Å². The van der Waals surface area contributed by atoms with Crippen LogP contribution in [0, 0.1) is 12.3 Å². The third-order valence-corrected chi connectivity index (χ3v) is 4.63. The molecule has 1 aromatic carbocycles. The molecule has 0 spiro atoms. The Kier molecular flexibility index (Phi) is 3.83. The predicted molar refractivity (Wildman–Crippen MR) is 79.1 cm³/mol. The number of likely N-dealkylation sites (tertiary alicyclic amines) is 1. The van der Waals surface area contributed by atoms with Crippen molar-refractivity contribution in [2.45, 2.75) is 40.0 Å². The van der Waals surface area contributed by atoms with Gasteiger partial charge < -0.3 is 10.6 Å². The first-order valence-corrected chi connectivity index (χ1v) is 7.11. The van der Waals surface area contributed by atoms with E-state index in [1.54, 1.807) is 6.07 Å². The van der Waals surface area contributed by atoms with Gasteiger partial charge in [-0.2, -0.15) is 0 Å². The molecule has 0 aliphatic carbocycles. The van der Waals surface area contributed by atoms with Crippen molar-refractivity contribution in [3.8, 4) is 0 Å². The minimum atomic E-state index is 0.0914. The van der Waals surface area contributed by atoms with Crippen LogP contribution >= 0.6 is 0 Å². The molecule has 104 valence electrons. The standard InChI is InChI=1S/C16H24N2O/c1-4-16(3)8-10-18(11-9-16)15(19)14-12(2)6-5-7-13(14)17/h5-7H,4,8-11,17H2,1-3H3. The normalized spacial score (nSPS) is 18.4. The molecule has 1 fully saturated rings. The average molecular weight is 260 g/mol. The molecular formula is C16H24N2O. The first-order valence-electron chi connectivity index (χ1n) is 7.11. The summed E-state index contributed by atoms with van der Waals surface area (Å²) >= 11 is 0. The number of hydrogen-bond acceptors (Lipinski definition) is 2. The van der Waals surface area contributed by atoms with Gasteiger partial charge in [-0.15, -0.1) is 0 Å². The summed E-state index contributed by atoms with van der Waals surface area (Å²) in [4.78, 5) is 14.5. The number of anilines is 1. The largest absolute Gasteiger partial charge is 0.398 e. The fourth-order valence-electron chi connectivity index (χ4n) is 2.74. The quantitative estimate of drug-likeness (QED) is 0.830. The molecule has 1 saturated heterocycles. The molecule has 0 saturated carbocycles. The molecule has 1 heterocycles. The van der Waals surface area contributed by atoms with E-state index in [2.05, 4.69) is 13.8 Å². The third-order valence-electron chi connectivity index (χ3n) is 4.63. The topological polar surface area (TPSA) is 46.3 Å². The maximum Gasteiger partial charge on any atom is 0.256 e. The molecule has 0 aromatic heterocycles. The van der Waals surface area contributed by atoms with Crippen molar-refractivity contribution in [2.75, 3.05) is 18.8 Å². The Hall–Kier alpha value is -1.51. The van der Waals surface area contributed by atoms with Gasteiger partial charge in [0.1, 0.15) is 0 Å². The van der Waals surface area contributed by atoms with Crippen LogP contribution in [-0.4, -0.2) is 23.9 Å². The average Bonchev–Trinajstić information content (AvgIpc) is 2.39. The number of hydrogen-bond donors (Lipinski definition) is 1. The highest BCUT2D eigenvalue weighted by molar-refractivity contribution is 6.00. The Balaban J connectivity index is 2.14. The number of benzene rings is 1. The SMILES string of the molecule is CCC1(C)CCN(C(=O)c2c(C)cccc2N)CC1. The van der Waals surface area contributed by atoms with Crippen LogP contribution in [0.15, 0.2) is 18.2 Å². The second-order valence-corrected chi connectivity index (χ2v) is 6.00. The summed E-state index contributed by atoms with van der Waals surface area (Å²) in [7, 11) is 0. The number of piperidine rings is 1. The van der Waals surface area contributed by atoms with E-state index in [9.17, 15) is 4.79 Å². The van der Waals surface area contributed by atoms with Gasteiger partial charge in [-0.05, 0) is 36.8 Å². The highest BCUT2D eigenvalue weighted by Gasteiger charge is 2.31. The van der Waals surface area contributed by atoms with Crippen molar-refractivity contribution >= 4 is 11.6 Å². The van der Waals surface area contributed by atoms with Crippen LogP contribution in [0.1, 0.15) is 49.0 Å². The predicted octanol–water partition coefficient (Wildman–Crippen LogP) is 3.23. The number of nitrogens with zero attached hydrogens (tertiary/aromatic N) is 1. The van der Waals surface area contributed by atoms with E-state index in [1.807, 2.05) is 24.0 Å². The van der Waals surface area contributed by atoms with Crippen molar-refractivity contribution in [1.29, 1.82) is 0 Å². The van der Waals surface area contributed by atoms with Crippen molar-refractivity contribution in [3.05, 3.63) is 29.3 Å². The van der Waals surface area contributed by atoms with Crippen LogP contribution in [0.2, 0.25) is 0 Å². The van der Waals surface area contributed by atoms with Crippen molar-refractivity contribution in [3.63, 3.8) is 0 Å². The van der Waals surface area contributed by atoms with Gasteiger partial charge in [0.05, 0.1) is 5.56 Å². The Morgan fingerprint density at radius 2 is 2.00 bits per heavy atom. The lowest BCUT2D eigenvalue weighted by Crippen LogP contribution is -2.42. The van der Waals surface area contributed by atoms with Crippen LogP contribution in [0.4, 0.5) is 5.69 Å². The monoisotopic (exact) mass is 260 g/mol. The number of amides is 1. The van der Waals surface area contributed by atoms with Crippen LogP contribution < -0.4 is 5.73 Å². The first kappa shape index (κ1) is 13.9. The number of nitrogens with two attached hydrogens (primary N) is 1. The Bertz CT molecular complexity index is 453. The number of carbonyl (C=O) groups is 1. The smallest absolute Gasteiger partial charge is 0.256 e. The summed E-state index contributed by atoms with van der Waals surface area (Å²) in [6.07, 6.45) is 3.35. The summed E-state index contributed by atoms with van der Waals surface area (Å²) in [5, 5.41) is 0. The molecule has 1 aliphatic rings. The molecule has 1 amide bonds. The van der Waals surface area contributed by atoms with Gasteiger partial charge in [-0.25, -0.2) is 0 Å². The molecule has 1 aromatic rings. The Labute approximate surface area is 115 Å². The maximum atomic E-state index is 12.6. The van der Waals surface area contributed by atoms with Crippen molar-refractivity contribution in [2.24, 2.45) is 5.41 Å². The summed E-state index contributed by atoms with van der Waals surface area (Å²) in [6, 6.07) is 5.65. The maximum absolute atomic E-state index is 12.6. The number of rotatable bonds is 2. The van der Waals surface area contributed by atoms with Gasteiger partial charge in [0.15, 0.2) is 0 Å². The highest BCUT2D eigenvalue weighted by atomic mass is 16.2. The summed E-state index contributed by atoms with van der Waals surface area (Å²) in [5.41, 5.74) is 8.60. The summed E-state index contributed by atoms with van der Waals surface area (Å²) in [6.45, 7) is 8.19. The molecule has 1 aliphatic heterocycles. The summed E-state index contributed by atoms with van der Waals surface area (Å²) < 4.78 is 0. The second kappa shape index (κ2) is 5.24. The molecule has 19 heavy (non-hydrogen) atoms. The molecular weight excluding hydrogens is 236 g/mol. The molecule has 3 nitrogen and oxygen atoms in total. The van der Waals surface area contributed by atoms with Crippen molar-refractivity contribution < 1.29 is 4.79 Å². The van der Waals surface area contributed by atoms with Crippen LogP contribution in [-0.2, 0) is 0 Å². The fourth-order valence-corrected chi connectivity index (χ4v) is 2.74. The van der Waals surface area contributed by atoms with E-state index in [0.29, 0.717) is 16.7 Å². The number of carbonyl (C=O) groups excluding carboxylic acids is 1. The van der Waals surface area contributed by atoms with Gasteiger partial charge in [-0.1, -0.05) is 32.4 Å². The van der Waals surface area contributed by atoms with E-state index >= 15 is 0 Å². The van der Waals surface area contributed by atoms with Crippen molar-refractivity contribution in [1.82, 2.24) is 4.90 Å². The fraction of sp³-hybridized carbons (Fsp3) is 0.562. The van der Waals surface area contributed by atoms with E-state index in [1.165, 1.54) is 6.42 Å². The van der Waals surface area contributed by atoms with E-state index in [4.69, 9.17) is 5.73 Å². The Morgan fingerprint density at radius 1 is 1.37 bits per heavy atom. The minimum Gasteiger partial charge on any atom is -0.398 e. The molecule has 2 N–H and O–H groups in total. The Morgan fingerprint density at radius 3 is 2.53 bits per heavy atom. The lowest BCUT2D eigenvalue weighted by molar-refractivity contribution is 0.0600. The van der Waals surface area contributed by atoms with Gasteiger partial charge in [-0.3, -0.25) is 4.79 Å². The van der Waals surface area contributed by atoms with Gasteiger partial charge in [0.25, 0.3) is 5.91 Å². The van der Waals surface area contributed by atoms with Gasteiger partial charge in [0, 0.05) is 18.8 Å². The van der Waals surface area contributed by atoms with Gasteiger partial charge in [0.2, 0.25) is 0 Å². The molecule has 2 rings (SSSR count). The van der Waals surface area contributed by atoms with E-state index in [-0.39, 0.29) is 5.91 Å². The number of aryl methyl sites for hydroxylation is 1. The molecule has 0 radical (unpaired) electrons. The van der Waals surface area contributed by atoms with E-state index < -0.39 is 0 Å². The van der Waals surface area contributed by atoms with Gasteiger partial charge >= 0.3 is 0 Å². The first-order chi connectivity index (χ1) is 8.97. The zero-order chi connectivity index (χ0) is 14.0. The lowest BCUT2D eigenvalue weighted by Gasteiger charge is -2.39. The molecule has 3 heteroatoms. The summed E-state index contributed by atoms with van der Waals surface area (Å²) in [5.74, 6) is 0.0914. The molecule has 0 unspecified atom stereocenters. The molecule has 0 bridgehead atoms. The number of nitrogen functional groups attached to an aromatic ring is 1. The zero-order valence-electron chi connectivity index (χ0n) is 12.2. The minimum absolute atomic E-state index is 0.0914. The third kappa shape index (κ3) is 2.75. The second-order valence-electron chi connectivity index (χ2n) is 6.00. The van der Waals surface area contributed by atoms with Crippen LogP contribution in [0.3, 0.4) is 0 Å². The highest BCUT2D eigenvalue weighted by Crippen LogP contribution is 2.34. The van der Waals surface area contributed by atoms with Crippen LogP contribution in [0.5, 0.6) is 0 Å². The zero-order valence-corrected chi connectivity index (χ0v) is 12.2. The molecule has 0 atom stereocenters. The lowest BCUT2D eigenvalue weighted by atomic mass is 9.78.